The molecule has 0 aliphatic rings. The van der Waals surface area contributed by atoms with Crippen LogP contribution in [0.2, 0.25) is 0 Å². The lowest BCUT2D eigenvalue weighted by molar-refractivity contribution is 0.0538. The first-order chi connectivity index (χ1) is 8.82. The molecule has 0 fully saturated rings. The average Bonchev–Trinajstić information content (AvgIpc) is 2.35. The first kappa shape index (κ1) is 13.7. The predicted molar refractivity (Wildman–Crippen MR) is 71.2 cm³/mol. The van der Waals surface area contributed by atoms with Crippen LogP contribution in [0.5, 0.6) is 0 Å². The number of anilines is 1. The Morgan fingerprint density at radius 2 is 2.00 bits per heavy atom. The summed E-state index contributed by atoms with van der Waals surface area (Å²) >= 11 is 4.81. The van der Waals surface area contributed by atoms with Crippen LogP contribution in [0.15, 0.2) is 30.5 Å². The van der Waals surface area contributed by atoms with E-state index < -0.39 is 11.2 Å². The number of hydrogen-bond donors (Lipinski definition) is 0. The Labute approximate surface area is 113 Å². The molecule has 6 heteroatoms. The number of Topliss-reactive ketones (excluding diaryl/α,β-unsaturated/α-hetero) is 1. The van der Waals surface area contributed by atoms with Crippen LogP contribution >= 0.6 is 11.6 Å². The third-order valence-electron chi connectivity index (χ3n) is 2.73. The molecular weight excluding hydrogens is 274 g/mol. The van der Waals surface area contributed by atoms with Crippen molar-refractivity contribution in [2.45, 2.75) is 5.38 Å². The molecule has 19 heavy (non-hydrogen) atoms. The van der Waals surface area contributed by atoms with E-state index in [0.717, 1.165) is 5.69 Å². The number of rotatable bonds is 3. The molecule has 0 amide bonds. The number of benzene rings is 1. The number of pyridine rings is 1. The zero-order valence-corrected chi connectivity index (χ0v) is 11.1. The smallest absolute Gasteiger partial charge is 0.376 e. The van der Waals surface area contributed by atoms with E-state index in [2.05, 4.69) is 4.98 Å². The molecule has 0 atom stereocenters. The molecule has 0 aliphatic heterocycles. The normalized spacial score (nSPS) is 11.6. The van der Waals surface area contributed by atoms with Crippen LogP contribution in [0, 0.1) is 0 Å². The van der Waals surface area contributed by atoms with Gasteiger partial charge in [0.1, 0.15) is 0 Å². The lowest BCUT2D eigenvalue weighted by Crippen LogP contribution is -2.22. The molecule has 1 aromatic heterocycles. The van der Waals surface area contributed by atoms with E-state index >= 15 is 0 Å². The third-order valence-corrected chi connectivity index (χ3v) is 2.90. The van der Waals surface area contributed by atoms with E-state index in [0.29, 0.717) is 10.9 Å². The number of carbonyl (C=O) groups excluding carboxylic acids is 1. The van der Waals surface area contributed by atoms with Crippen LogP contribution < -0.4 is 4.90 Å². The lowest BCUT2D eigenvalue weighted by Gasteiger charge is -2.16. The summed E-state index contributed by atoms with van der Waals surface area (Å²) in [5, 5.41) is -3.55. The van der Waals surface area contributed by atoms with E-state index in [-0.39, 0.29) is 5.56 Å². The van der Waals surface area contributed by atoms with Crippen molar-refractivity contribution in [2.75, 3.05) is 19.0 Å². The molecule has 1 heterocycles. The second-order valence-electron chi connectivity index (χ2n) is 4.25. The van der Waals surface area contributed by atoms with Gasteiger partial charge in [0, 0.05) is 31.2 Å². The molecule has 0 unspecified atom stereocenters. The molecule has 0 saturated heterocycles. The second kappa shape index (κ2) is 4.74. The van der Waals surface area contributed by atoms with Crippen LogP contribution in [0.3, 0.4) is 0 Å². The summed E-state index contributed by atoms with van der Waals surface area (Å²) in [6.07, 6.45) is 1.54. The fraction of sp³-hybridized carbons (Fsp3) is 0.231. The molecule has 100 valence electrons. The Kier molecular flexibility index (Phi) is 3.41. The van der Waals surface area contributed by atoms with Gasteiger partial charge in [-0.1, -0.05) is 6.07 Å². The van der Waals surface area contributed by atoms with Crippen molar-refractivity contribution >= 4 is 34.0 Å². The van der Waals surface area contributed by atoms with E-state index in [1.165, 1.54) is 6.07 Å². The maximum Gasteiger partial charge on any atom is 0.384 e. The zero-order valence-electron chi connectivity index (χ0n) is 10.3. The number of hydrogen-bond acceptors (Lipinski definition) is 3. The molecule has 0 saturated carbocycles. The van der Waals surface area contributed by atoms with Crippen molar-refractivity contribution in [2.24, 2.45) is 0 Å². The number of ketones is 1. The summed E-state index contributed by atoms with van der Waals surface area (Å²) in [5.74, 6) is -1.42. The van der Waals surface area contributed by atoms with E-state index in [1.807, 2.05) is 0 Å². The van der Waals surface area contributed by atoms with Gasteiger partial charge in [-0.05, 0) is 29.8 Å². The maximum atomic E-state index is 13.0. The molecule has 2 aromatic rings. The first-order valence-electron chi connectivity index (χ1n) is 5.49. The van der Waals surface area contributed by atoms with Gasteiger partial charge in [-0.25, -0.2) is 0 Å². The fourth-order valence-corrected chi connectivity index (χ4v) is 1.97. The molecule has 1 aromatic carbocycles. The Bertz CT molecular complexity index is 638. The second-order valence-corrected chi connectivity index (χ2v) is 4.73. The van der Waals surface area contributed by atoms with Gasteiger partial charge < -0.3 is 4.90 Å². The van der Waals surface area contributed by atoms with Gasteiger partial charge in [0.2, 0.25) is 5.78 Å². The number of aromatic nitrogens is 1. The molecule has 0 N–H and O–H groups in total. The van der Waals surface area contributed by atoms with Gasteiger partial charge in [0.05, 0.1) is 11.2 Å². The van der Waals surface area contributed by atoms with Crippen molar-refractivity contribution in [3.05, 3.63) is 36.0 Å². The SMILES string of the molecule is CN(C)c1ccc(C(=O)C(F)(F)Cl)c2cccnc12. The molecule has 0 radical (unpaired) electrons. The summed E-state index contributed by atoms with van der Waals surface area (Å²) < 4.78 is 25.9. The largest absolute Gasteiger partial charge is 0.384 e. The van der Waals surface area contributed by atoms with Gasteiger partial charge >= 0.3 is 5.38 Å². The van der Waals surface area contributed by atoms with Crippen molar-refractivity contribution in [3.8, 4) is 0 Å². The summed E-state index contributed by atoms with van der Waals surface area (Å²) in [6.45, 7) is 0. The quantitative estimate of drug-likeness (QED) is 0.640. The highest BCUT2D eigenvalue weighted by Crippen LogP contribution is 2.31. The summed E-state index contributed by atoms with van der Waals surface area (Å²) in [6, 6.07) is 6.08. The van der Waals surface area contributed by atoms with Crippen LogP contribution in [0.4, 0.5) is 14.5 Å². The van der Waals surface area contributed by atoms with Crippen LogP contribution in [0.25, 0.3) is 10.9 Å². The minimum atomic E-state index is -3.91. The molecule has 3 nitrogen and oxygen atoms in total. The Morgan fingerprint density at radius 1 is 1.32 bits per heavy atom. The van der Waals surface area contributed by atoms with Gasteiger partial charge in [-0.15, -0.1) is 0 Å². The van der Waals surface area contributed by atoms with Gasteiger partial charge in [-0.2, -0.15) is 8.78 Å². The Balaban J connectivity index is 2.73. The highest BCUT2D eigenvalue weighted by molar-refractivity contribution is 6.36. The molecular formula is C13H11ClF2N2O. The summed E-state index contributed by atoms with van der Waals surface area (Å²) in [7, 11) is 3.61. The van der Waals surface area contributed by atoms with E-state index in [1.54, 1.807) is 43.4 Å². The maximum absolute atomic E-state index is 13.0. The van der Waals surface area contributed by atoms with Crippen LogP contribution in [-0.4, -0.2) is 30.2 Å². The number of nitrogens with zero attached hydrogens (tertiary/aromatic N) is 2. The topological polar surface area (TPSA) is 33.2 Å². The Hall–Kier alpha value is -1.75. The highest BCUT2D eigenvalue weighted by atomic mass is 35.5. The van der Waals surface area contributed by atoms with Crippen molar-refractivity contribution < 1.29 is 13.6 Å². The molecule has 0 spiro atoms. The predicted octanol–water partition coefficient (Wildman–Crippen LogP) is 3.32. The first-order valence-corrected chi connectivity index (χ1v) is 5.86. The monoisotopic (exact) mass is 284 g/mol. The molecule has 0 bridgehead atoms. The molecule has 2 rings (SSSR count). The van der Waals surface area contributed by atoms with Crippen molar-refractivity contribution in [1.82, 2.24) is 4.98 Å². The minimum Gasteiger partial charge on any atom is -0.376 e. The standard InChI is InChI=1S/C13H11ClF2N2O/c1-18(2)10-6-5-9(12(19)13(14,15)16)8-4-3-7-17-11(8)10/h3-7H,1-2H3. The zero-order chi connectivity index (χ0) is 14.2. The summed E-state index contributed by atoms with van der Waals surface area (Å²) in [4.78, 5) is 17.6. The van der Waals surface area contributed by atoms with E-state index in [9.17, 15) is 13.6 Å². The molecule has 0 aliphatic carbocycles. The third kappa shape index (κ3) is 2.51. The van der Waals surface area contributed by atoms with Crippen molar-refractivity contribution in [1.29, 1.82) is 0 Å². The summed E-state index contributed by atoms with van der Waals surface area (Å²) in [5.41, 5.74) is 1.10. The van der Waals surface area contributed by atoms with Crippen molar-refractivity contribution in [3.63, 3.8) is 0 Å². The number of fused-ring (bicyclic) bond motifs is 1. The number of carbonyl (C=O) groups is 1. The van der Waals surface area contributed by atoms with Gasteiger partial charge in [0.15, 0.2) is 0 Å². The highest BCUT2D eigenvalue weighted by Gasteiger charge is 2.37. The Morgan fingerprint density at radius 3 is 2.58 bits per heavy atom. The fourth-order valence-electron chi connectivity index (χ4n) is 1.87. The van der Waals surface area contributed by atoms with Crippen LogP contribution in [0.1, 0.15) is 10.4 Å². The van der Waals surface area contributed by atoms with Gasteiger partial charge in [0.25, 0.3) is 0 Å². The minimum absolute atomic E-state index is 0.131. The van der Waals surface area contributed by atoms with Crippen LogP contribution in [-0.2, 0) is 0 Å². The average molecular weight is 285 g/mol. The number of halogens is 3. The van der Waals surface area contributed by atoms with Gasteiger partial charge in [-0.3, -0.25) is 9.78 Å². The van der Waals surface area contributed by atoms with E-state index in [4.69, 9.17) is 11.6 Å². The number of alkyl halides is 3. The lowest BCUT2D eigenvalue weighted by atomic mass is 10.0.